The van der Waals surface area contributed by atoms with Crippen LogP contribution in [0.5, 0.6) is 0 Å². The van der Waals surface area contributed by atoms with Gasteiger partial charge in [-0.2, -0.15) is 0 Å². The molecule has 0 aliphatic carbocycles. The Labute approximate surface area is 187 Å². The van der Waals surface area contributed by atoms with Crippen LogP contribution in [0, 0.1) is 0 Å². The van der Waals surface area contributed by atoms with Gasteiger partial charge < -0.3 is 14.8 Å². The number of carbonyl (C=O) groups is 2. The summed E-state index contributed by atoms with van der Waals surface area (Å²) >= 11 is 6.08. The summed E-state index contributed by atoms with van der Waals surface area (Å²) in [5, 5.41) is 3.39. The lowest BCUT2D eigenvalue weighted by molar-refractivity contribution is -0.142. The van der Waals surface area contributed by atoms with E-state index in [4.69, 9.17) is 11.6 Å². The second-order valence-electron chi connectivity index (χ2n) is 7.96. The number of aromatic nitrogens is 1. The zero-order valence-corrected chi connectivity index (χ0v) is 18.3. The van der Waals surface area contributed by atoms with Crippen molar-refractivity contribution >= 4 is 23.4 Å². The van der Waals surface area contributed by atoms with Crippen LogP contribution in [0.4, 0.5) is 0 Å². The summed E-state index contributed by atoms with van der Waals surface area (Å²) in [5.74, 6) is -0.175. The van der Waals surface area contributed by atoms with E-state index >= 15 is 0 Å². The van der Waals surface area contributed by atoms with Gasteiger partial charge in [-0.3, -0.25) is 9.59 Å². The fourth-order valence-electron chi connectivity index (χ4n) is 4.28. The minimum atomic E-state index is -0.496. The van der Waals surface area contributed by atoms with Crippen LogP contribution in [0.25, 0.3) is 0 Å². The van der Waals surface area contributed by atoms with Crippen molar-refractivity contribution in [1.82, 2.24) is 14.8 Å². The molecule has 0 unspecified atom stereocenters. The Balaban J connectivity index is 1.60. The smallest absolute Gasteiger partial charge is 0.242 e. The van der Waals surface area contributed by atoms with Crippen molar-refractivity contribution < 1.29 is 9.59 Å². The Morgan fingerprint density at radius 1 is 1.03 bits per heavy atom. The number of amides is 2. The highest BCUT2D eigenvalue weighted by Gasteiger charge is 2.35. The molecule has 0 saturated heterocycles. The lowest BCUT2D eigenvalue weighted by atomic mass is 9.90. The molecule has 31 heavy (non-hydrogen) atoms. The Bertz CT molecular complexity index is 1050. The molecule has 160 valence electrons. The van der Waals surface area contributed by atoms with Gasteiger partial charge in [-0.25, -0.2) is 0 Å². The van der Waals surface area contributed by atoms with E-state index in [1.165, 1.54) is 0 Å². The molecule has 1 aliphatic heterocycles. The number of hydrogen-bond acceptors (Lipinski definition) is 2. The van der Waals surface area contributed by atoms with Gasteiger partial charge in [-0.1, -0.05) is 48.0 Å². The molecule has 0 radical (unpaired) electrons. The van der Waals surface area contributed by atoms with Crippen LogP contribution in [0.2, 0.25) is 5.02 Å². The maximum absolute atomic E-state index is 13.5. The monoisotopic (exact) mass is 435 g/mol. The average molecular weight is 436 g/mol. The molecule has 2 amide bonds. The third-order valence-electron chi connectivity index (χ3n) is 5.98. The molecule has 0 bridgehead atoms. The van der Waals surface area contributed by atoms with E-state index in [0.29, 0.717) is 31.0 Å². The summed E-state index contributed by atoms with van der Waals surface area (Å²) in [4.78, 5) is 27.9. The van der Waals surface area contributed by atoms with E-state index < -0.39 is 6.04 Å². The summed E-state index contributed by atoms with van der Waals surface area (Å²) in [7, 11) is 1.62. The van der Waals surface area contributed by atoms with E-state index in [2.05, 4.69) is 9.88 Å². The largest absolute Gasteiger partial charge is 0.357 e. The van der Waals surface area contributed by atoms with Gasteiger partial charge in [0, 0.05) is 56.3 Å². The van der Waals surface area contributed by atoms with Crippen LogP contribution in [-0.2, 0) is 29.1 Å². The minimum absolute atomic E-state index is 0.0183. The van der Waals surface area contributed by atoms with Crippen molar-refractivity contribution in [3.8, 4) is 0 Å². The molecular formula is C25H26ClN3O2. The SMILES string of the molecule is CNC(=O)[C@H]1Cc2ccccc2CN1C(=O)C[C@@H](Cn1cccc1)c1ccc(Cl)cc1. The van der Waals surface area contributed by atoms with Crippen LogP contribution >= 0.6 is 11.6 Å². The topological polar surface area (TPSA) is 54.3 Å². The molecule has 0 fully saturated rings. The number of hydrogen-bond donors (Lipinski definition) is 1. The van der Waals surface area contributed by atoms with E-state index in [0.717, 1.165) is 16.7 Å². The lowest BCUT2D eigenvalue weighted by Crippen LogP contribution is -2.52. The van der Waals surface area contributed by atoms with E-state index in [1.807, 2.05) is 73.1 Å². The summed E-state index contributed by atoms with van der Waals surface area (Å²) in [5.41, 5.74) is 3.28. The first-order chi connectivity index (χ1) is 15.0. The molecule has 4 rings (SSSR count). The van der Waals surface area contributed by atoms with Crippen LogP contribution in [0.1, 0.15) is 29.0 Å². The van der Waals surface area contributed by atoms with Gasteiger partial charge >= 0.3 is 0 Å². The zero-order valence-electron chi connectivity index (χ0n) is 17.5. The van der Waals surface area contributed by atoms with Crippen molar-refractivity contribution in [3.63, 3.8) is 0 Å². The fraction of sp³-hybridized carbons (Fsp3) is 0.280. The predicted molar refractivity (Wildman–Crippen MR) is 122 cm³/mol. The Kier molecular flexibility index (Phi) is 6.42. The molecule has 0 saturated carbocycles. The molecular weight excluding hydrogens is 410 g/mol. The summed E-state index contributed by atoms with van der Waals surface area (Å²) in [6, 6.07) is 19.1. The maximum atomic E-state index is 13.5. The van der Waals surface area contributed by atoms with Crippen LogP contribution < -0.4 is 5.32 Å². The molecule has 1 aliphatic rings. The van der Waals surface area contributed by atoms with Gasteiger partial charge in [0.15, 0.2) is 0 Å². The van der Waals surface area contributed by atoms with Crippen LogP contribution in [-0.4, -0.2) is 34.4 Å². The van der Waals surface area contributed by atoms with Gasteiger partial charge in [-0.15, -0.1) is 0 Å². The zero-order chi connectivity index (χ0) is 21.8. The molecule has 0 spiro atoms. The number of fused-ring (bicyclic) bond motifs is 1. The third-order valence-corrected chi connectivity index (χ3v) is 6.23. The van der Waals surface area contributed by atoms with Crippen molar-refractivity contribution in [2.45, 2.75) is 37.9 Å². The van der Waals surface area contributed by atoms with Crippen LogP contribution in [0.15, 0.2) is 73.1 Å². The average Bonchev–Trinajstić information content (AvgIpc) is 3.31. The van der Waals surface area contributed by atoms with Gasteiger partial charge in [0.2, 0.25) is 11.8 Å². The fourth-order valence-corrected chi connectivity index (χ4v) is 4.41. The molecule has 1 aromatic heterocycles. The lowest BCUT2D eigenvalue weighted by Gasteiger charge is -2.36. The van der Waals surface area contributed by atoms with E-state index in [9.17, 15) is 9.59 Å². The molecule has 2 atom stereocenters. The molecule has 2 aromatic carbocycles. The van der Waals surface area contributed by atoms with Crippen molar-refractivity contribution in [2.24, 2.45) is 0 Å². The first kappa shape index (κ1) is 21.2. The Morgan fingerprint density at radius 3 is 2.39 bits per heavy atom. The Hall–Kier alpha value is -3.05. The molecule has 3 aromatic rings. The summed E-state index contributed by atoms with van der Waals surface area (Å²) < 4.78 is 2.08. The number of likely N-dealkylation sites (N-methyl/N-ethyl adjacent to an activating group) is 1. The number of benzene rings is 2. The highest BCUT2D eigenvalue weighted by molar-refractivity contribution is 6.30. The predicted octanol–water partition coefficient (Wildman–Crippen LogP) is 4.01. The molecule has 6 heteroatoms. The highest BCUT2D eigenvalue weighted by Crippen LogP contribution is 2.29. The van der Waals surface area contributed by atoms with Crippen molar-refractivity contribution in [2.75, 3.05) is 7.05 Å². The second-order valence-corrected chi connectivity index (χ2v) is 8.39. The molecule has 2 heterocycles. The summed E-state index contributed by atoms with van der Waals surface area (Å²) in [6.07, 6.45) is 4.84. The number of nitrogens with one attached hydrogen (secondary N) is 1. The van der Waals surface area contributed by atoms with Crippen molar-refractivity contribution in [3.05, 3.63) is 94.8 Å². The standard InChI is InChI=1S/C25H26ClN3O2/c1-27-25(31)23-14-19-6-2-3-7-20(19)17-29(23)24(30)15-21(16-28-12-4-5-13-28)18-8-10-22(26)11-9-18/h2-13,21,23H,14-17H2,1H3,(H,27,31)/t21-,23+/m0/s1. The van der Waals surface area contributed by atoms with Crippen molar-refractivity contribution in [1.29, 1.82) is 0 Å². The van der Waals surface area contributed by atoms with E-state index in [1.54, 1.807) is 11.9 Å². The van der Waals surface area contributed by atoms with Gasteiger partial charge in [-0.05, 0) is 41.0 Å². The minimum Gasteiger partial charge on any atom is -0.357 e. The van der Waals surface area contributed by atoms with E-state index in [-0.39, 0.29) is 17.7 Å². The number of halogens is 1. The maximum Gasteiger partial charge on any atom is 0.242 e. The number of nitrogens with zero attached hydrogens (tertiary/aromatic N) is 2. The third kappa shape index (κ3) is 4.83. The summed E-state index contributed by atoms with van der Waals surface area (Å²) in [6.45, 7) is 1.12. The number of rotatable bonds is 6. The van der Waals surface area contributed by atoms with Gasteiger partial charge in [0.1, 0.15) is 6.04 Å². The first-order valence-corrected chi connectivity index (χ1v) is 10.9. The quantitative estimate of drug-likeness (QED) is 0.636. The van der Waals surface area contributed by atoms with Gasteiger partial charge in [0.05, 0.1) is 0 Å². The molecule has 1 N–H and O–H groups in total. The van der Waals surface area contributed by atoms with Crippen LogP contribution in [0.3, 0.4) is 0 Å². The van der Waals surface area contributed by atoms with Gasteiger partial charge in [0.25, 0.3) is 0 Å². The first-order valence-electron chi connectivity index (χ1n) is 10.5. The Morgan fingerprint density at radius 2 is 1.71 bits per heavy atom. The normalized spacial score (nSPS) is 16.5. The second kappa shape index (κ2) is 9.40. The number of carbonyl (C=O) groups excluding carboxylic acids is 2. The highest BCUT2D eigenvalue weighted by atomic mass is 35.5. The molecule has 5 nitrogen and oxygen atoms in total.